The van der Waals surface area contributed by atoms with E-state index < -0.39 is 0 Å². The van der Waals surface area contributed by atoms with E-state index in [0.717, 1.165) is 26.1 Å². The van der Waals surface area contributed by atoms with E-state index in [1.54, 1.807) is 0 Å². The van der Waals surface area contributed by atoms with Crippen molar-refractivity contribution in [3.05, 3.63) is 59.7 Å². The van der Waals surface area contributed by atoms with Crippen molar-refractivity contribution in [3.8, 4) is 11.1 Å². The Morgan fingerprint density at radius 1 is 0.792 bits per heavy atom. The highest BCUT2D eigenvalue weighted by Gasteiger charge is 2.43. The van der Waals surface area contributed by atoms with Crippen LogP contribution < -0.4 is 0 Å². The quantitative estimate of drug-likeness (QED) is 0.847. The number of nitrogens with zero attached hydrogens (tertiary/aromatic N) is 2. The predicted molar refractivity (Wildman–Crippen MR) is 94.3 cm³/mol. The van der Waals surface area contributed by atoms with Crippen LogP contribution in [0.5, 0.6) is 0 Å². The molecule has 0 aromatic heterocycles. The highest BCUT2D eigenvalue weighted by atomic mass is 16.2. The second-order valence-corrected chi connectivity index (χ2v) is 7.29. The van der Waals surface area contributed by atoms with Gasteiger partial charge in [-0.2, -0.15) is 0 Å². The molecule has 3 heteroatoms. The molecule has 2 fully saturated rings. The van der Waals surface area contributed by atoms with E-state index in [4.69, 9.17) is 0 Å². The summed E-state index contributed by atoms with van der Waals surface area (Å²) in [4.78, 5) is 17.4. The van der Waals surface area contributed by atoms with Crippen molar-refractivity contribution in [1.82, 2.24) is 9.80 Å². The topological polar surface area (TPSA) is 23.6 Å². The molecule has 0 radical (unpaired) electrons. The van der Waals surface area contributed by atoms with E-state index in [2.05, 4.69) is 58.3 Å². The van der Waals surface area contributed by atoms with Gasteiger partial charge in [-0.1, -0.05) is 48.5 Å². The molecular weight excluding hydrogens is 296 g/mol. The van der Waals surface area contributed by atoms with E-state index in [0.29, 0.717) is 11.9 Å². The highest BCUT2D eigenvalue weighted by Crippen LogP contribution is 2.36. The number of carbonyl (C=O) groups is 1. The van der Waals surface area contributed by atoms with Crippen LogP contribution in [0, 0.1) is 0 Å². The van der Waals surface area contributed by atoms with E-state index >= 15 is 0 Å². The van der Waals surface area contributed by atoms with Crippen LogP contribution in [0.15, 0.2) is 48.5 Å². The normalized spacial score (nSPS) is 23.8. The molecule has 1 amide bonds. The summed E-state index contributed by atoms with van der Waals surface area (Å²) in [6, 6.07) is 17.9. The summed E-state index contributed by atoms with van der Waals surface area (Å²) in [6.07, 6.45) is 3.37. The summed E-state index contributed by atoms with van der Waals surface area (Å²) in [5.41, 5.74) is 5.31. The zero-order valence-corrected chi connectivity index (χ0v) is 13.8. The van der Waals surface area contributed by atoms with Crippen molar-refractivity contribution < 1.29 is 4.79 Å². The number of hydrogen-bond donors (Lipinski definition) is 0. The van der Waals surface area contributed by atoms with Crippen molar-refractivity contribution in [3.63, 3.8) is 0 Å². The molecular formula is C21H22N2O. The number of fused-ring (bicyclic) bond motifs is 3. The lowest BCUT2D eigenvalue weighted by molar-refractivity contribution is -0.133. The number of amides is 1. The maximum Gasteiger partial charge on any atom is 0.240 e. The Labute approximate surface area is 142 Å². The largest absolute Gasteiger partial charge is 0.338 e. The van der Waals surface area contributed by atoms with Crippen LogP contribution in [0.1, 0.15) is 30.4 Å². The molecule has 1 saturated carbocycles. The van der Waals surface area contributed by atoms with Crippen molar-refractivity contribution in [2.45, 2.75) is 44.4 Å². The van der Waals surface area contributed by atoms with Gasteiger partial charge in [0.05, 0.1) is 6.04 Å². The smallest absolute Gasteiger partial charge is 0.240 e. The molecule has 1 unspecified atom stereocenters. The van der Waals surface area contributed by atoms with Gasteiger partial charge < -0.3 is 4.90 Å². The molecule has 0 bridgehead atoms. The maximum atomic E-state index is 12.9. The van der Waals surface area contributed by atoms with Crippen LogP contribution in [-0.2, 0) is 17.9 Å². The summed E-state index contributed by atoms with van der Waals surface area (Å²) in [7, 11) is 0. The molecule has 2 aliphatic heterocycles. The predicted octanol–water partition coefficient (Wildman–Crippen LogP) is 3.43. The lowest BCUT2D eigenvalue weighted by Crippen LogP contribution is -2.41. The second-order valence-electron chi connectivity index (χ2n) is 7.29. The number of likely N-dealkylation sites (tertiary alicyclic amines) is 1. The molecule has 5 rings (SSSR count). The van der Waals surface area contributed by atoms with Crippen molar-refractivity contribution in [2.75, 3.05) is 6.54 Å². The molecule has 1 aliphatic carbocycles. The molecule has 122 valence electrons. The van der Waals surface area contributed by atoms with E-state index in [1.165, 1.54) is 35.1 Å². The van der Waals surface area contributed by atoms with Crippen LogP contribution in [-0.4, -0.2) is 34.3 Å². The van der Waals surface area contributed by atoms with Gasteiger partial charge in [-0.05, 0) is 41.5 Å². The first-order valence-electron chi connectivity index (χ1n) is 9.02. The van der Waals surface area contributed by atoms with Crippen LogP contribution >= 0.6 is 0 Å². The van der Waals surface area contributed by atoms with E-state index in [1.807, 2.05) is 0 Å². The molecule has 1 saturated heterocycles. The average Bonchev–Trinajstić information content (AvgIpc) is 3.40. The Hall–Kier alpha value is -2.13. The average molecular weight is 318 g/mol. The van der Waals surface area contributed by atoms with Crippen LogP contribution in [0.4, 0.5) is 0 Å². The van der Waals surface area contributed by atoms with Crippen molar-refractivity contribution in [2.24, 2.45) is 0 Å². The van der Waals surface area contributed by atoms with Gasteiger partial charge in [-0.3, -0.25) is 9.69 Å². The number of carbonyl (C=O) groups excluding carboxylic acids is 1. The third-order valence-electron chi connectivity index (χ3n) is 5.71. The van der Waals surface area contributed by atoms with Gasteiger partial charge in [-0.15, -0.1) is 0 Å². The minimum Gasteiger partial charge on any atom is -0.338 e. The highest BCUT2D eigenvalue weighted by molar-refractivity contribution is 5.85. The fourth-order valence-corrected chi connectivity index (χ4v) is 4.33. The molecule has 2 aromatic rings. The van der Waals surface area contributed by atoms with Gasteiger partial charge in [0.25, 0.3) is 0 Å². The Balaban J connectivity index is 1.52. The first kappa shape index (κ1) is 14.2. The molecule has 2 aromatic carbocycles. The molecule has 0 spiro atoms. The van der Waals surface area contributed by atoms with E-state index in [9.17, 15) is 4.79 Å². The fourth-order valence-electron chi connectivity index (χ4n) is 4.33. The van der Waals surface area contributed by atoms with Gasteiger partial charge in [0, 0.05) is 25.7 Å². The van der Waals surface area contributed by atoms with Gasteiger partial charge in [0.15, 0.2) is 0 Å². The summed E-state index contributed by atoms with van der Waals surface area (Å²) < 4.78 is 0. The zero-order chi connectivity index (χ0) is 16.1. The molecule has 2 heterocycles. The number of hydrogen-bond acceptors (Lipinski definition) is 2. The Morgan fingerprint density at radius 3 is 1.96 bits per heavy atom. The minimum absolute atomic E-state index is 0.0461. The van der Waals surface area contributed by atoms with Crippen LogP contribution in [0.25, 0.3) is 11.1 Å². The SMILES string of the molecule is O=C1C(N2Cc3ccccc3-c3ccccc3C2)CCN1C1CC1. The van der Waals surface area contributed by atoms with Gasteiger partial charge in [0.2, 0.25) is 5.91 Å². The Kier molecular flexibility index (Phi) is 3.23. The first-order valence-corrected chi connectivity index (χ1v) is 9.02. The lowest BCUT2D eigenvalue weighted by atomic mass is 9.97. The molecule has 0 N–H and O–H groups in total. The summed E-state index contributed by atoms with van der Waals surface area (Å²) in [5.74, 6) is 0.356. The molecule has 24 heavy (non-hydrogen) atoms. The van der Waals surface area contributed by atoms with Gasteiger partial charge in [-0.25, -0.2) is 0 Å². The summed E-state index contributed by atoms with van der Waals surface area (Å²) in [5, 5.41) is 0. The van der Waals surface area contributed by atoms with Crippen LogP contribution in [0.3, 0.4) is 0 Å². The first-order chi connectivity index (χ1) is 11.8. The number of benzene rings is 2. The molecule has 3 aliphatic rings. The van der Waals surface area contributed by atoms with Crippen molar-refractivity contribution >= 4 is 5.91 Å². The zero-order valence-electron chi connectivity index (χ0n) is 13.8. The molecule has 1 atom stereocenters. The van der Waals surface area contributed by atoms with E-state index in [-0.39, 0.29) is 6.04 Å². The summed E-state index contributed by atoms with van der Waals surface area (Å²) >= 11 is 0. The maximum absolute atomic E-state index is 12.9. The Bertz CT molecular complexity index is 748. The minimum atomic E-state index is 0.0461. The monoisotopic (exact) mass is 318 g/mol. The fraction of sp³-hybridized carbons (Fsp3) is 0.381. The van der Waals surface area contributed by atoms with Gasteiger partial charge in [0.1, 0.15) is 0 Å². The summed E-state index contributed by atoms with van der Waals surface area (Å²) in [6.45, 7) is 2.66. The van der Waals surface area contributed by atoms with Crippen LogP contribution in [0.2, 0.25) is 0 Å². The Morgan fingerprint density at radius 2 is 1.38 bits per heavy atom. The lowest BCUT2D eigenvalue weighted by Gasteiger charge is -2.27. The molecule has 3 nitrogen and oxygen atoms in total. The number of rotatable bonds is 2. The van der Waals surface area contributed by atoms with Gasteiger partial charge >= 0.3 is 0 Å². The second kappa shape index (κ2) is 5.45. The third kappa shape index (κ3) is 2.27. The van der Waals surface area contributed by atoms with Crippen molar-refractivity contribution in [1.29, 1.82) is 0 Å². The third-order valence-corrected chi connectivity index (χ3v) is 5.71. The standard InChI is InChI=1S/C21H22N2O/c24-21-20(11-12-23(21)17-9-10-17)22-13-15-5-1-3-7-18(15)19-8-4-2-6-16(19)14-22/h1-8,17,20H,9-14H2.